The predicted octanol–water partition coefficient (Wildman–Crippen LogP) is -0.196. The third kappa shape index (κ3) is 7.80. The molecule has 0 radical (unpaired) electrons. The van der Waals surface area contributed by atoms with Crippen LogP contribution >= 0.6 is 0 Å². The number of rotatable bonds is 7. The highest BCUT2D eigenvalue weighted by molar-refractivity contribution is 5.95. The maximum absolute atomic E-state index is 12.2. The van der Waals surface area contributed by atoms with Crippen LogP contribution in [0.2, 0.25) is 0 Å². The molecule has 3 amide bonds. The second-order valence-corrected chi connectivity index (χ2v) is 6.96. The number of likely N-dealkylation sites (N-methyl/N-ethyl adjacent to an activating group) is 1. The van der Waals surface area contributed by atoms with Crippen molar-refractivity contribution in [3.8, 4) is 0 Å². The summed E-state index contributed by atoms with van der Waals surface area (Å²) in [6, 6.07) is 6.66. The summed E-state index contributed by atoms with van der Waals surface area (Å²) in [7, 11) is 1.57. The van der Waals surface area contributed by atoms with E-state index in [1.165, 1.54) is 0 Å². The Morgan fingerprint density at radius 3 is 2.04 bits per heavy atom. The summed E-state index contributed by atoms with van der Waals surface area (Å²) < 4.78 is 0. The standard InChI is InChI=1S/C18H28N4O3/c1-6-22(12-16(24)21-18(2,3)4)11-15(23)20-14-9-7-13(8-10-14)17(25)19-5/h7-10H,6,11-12H2,1-5H3,(H,19,25)(H,20,23)(H,21,24)/p+1. The van der Waals surface area contributed by atoms with Crippen LogP contribution in [0.4, 0.5) is 5.69 Å². The third-order valence-electron chi connectivity index (χ3n) is 3.49. The van der Waals surface area contributed by atoms with Gasteiger partial charge in [-0.2, -0.15) is 0 Å². The van der Waals surface area contributed by atoms with Gasteiger partial charge in [0.2, 0.25) is 0 Å². The molecule has 0 aliphatic carbocycles. The van der Waals surface area contributed by atoms with E-state index in [0.29, 0.717) is 17.8 Å². The fraction of sp³-hybridized carbons (Fsp3) is 0.500. The molecule has 0 bridgehead atoms. The molecule has 1 aromatic carbocycles. The minimum absolute atomic E-state index is 0.0768. The van der Waals surface area contributed by atoms with Crippen molar-refractivity contribution in [2.45, 2.75) is 33.2 Å². The number of hydrogen-bond donors (Lipinski definition) is 4. The van der Waals surface area contributed by atoms with Crippen molar-refractivity contribution in [1.82, 2.24) is 10.6 Å². The van der Waals surface area contributed by atoms with E-state index in [1.54, 1.807) is 31.3 Å². The Balaban J connectivity index is 2.56. The third-order valence-corrected chi connectivity index (χ3v) is 3.49. The molecular weight excluding hydrogens is 320 g/mol. The van der Waals surface area contributed by atoms with Crippen molar-refractivity contribution in [3.05, 3.63) is 29.8 Å². The van der Waals surface area contributed by atoms with E-state index in [4.69, 9.17) is 0 Å². The SMILES string of the molecule is CC[NH+](CC(=O)Nc1ccc(C(=O)NC)cc1)CC(=O)NC(C)(C)C. The van der Waals surface area contributed by atoms with Crippen LogP contribution in [0.5, 0.6) is 0 Å². The normalized spacial score (nSPS) is 12.2. The largest absolute Gasteiger partial charge is 0.355 e. The molecule has 7 nitrogen and oxygen atoms in total. The van der Waals surface area contributed by atoms with Gasteiger partial charge in [0.05, 0.1) is 6.54 Å². The lowest BCUT2D eigenvalue weighted by Crippen LogP contribution is -3.14. The molecule has 7 heteroatoms. The Morgan fingerprint density at radius 2 is 1.56 bits per heavy atom. The highest BCUT2D eigenvalue weighted by atomic mass is 16.2. The number of anilines is 1. The Kier molecular flexibility index (Phi) is 7.57. The summed E-state index contributed by atoms with van der Waals surface area (Å²) in [5.74, 6) is -0.426. The van der Waals surface area contributed by atoms with Gasteiger partial charge in [-0.15, -0.1) is 0 Å². The monoisotopic (exact) mass is 349 g/mol. The van der Waals surface area contributed by atoms with E-state index in [0.717, 1.165) is 4.90 Å². The fourth-order valence-electron chi connectivity index (χ4n) is 2.28. The molecular formula is C18H29N4O3+. The number of carbonyl (C=O) groups is 3. The summed E-state index contributed by atoms with van der Waals surface area (Å²) in [4.78, 5) is 36.5. The minimum Gasteiger partial charge on any atom is -0.355 e. The molecule has 0 saturated heterocycles. The van der Waals surface area contributed by atoms with Crippen molar-refractivity contribution >= 4 is 23.4 Å². The molecule has 0 fully saturated rings. The van der Waals surface area contributed by atoms with Gasteiger partial charge in [-0.05, 0) is 52.0 Å². The van der Waals surface area contributed by atoms with E-state index in [1.807, 2.05) is 27.7 Å². The Morgan fingerprint density at radius 1 is 1.00 bits per heavy atom. The van der Waals surface area contributed by atoms with Crippen LogP contribution < -0.4 is 20.9 Å². The Bertz CT molecular complexity index is 606. The molecule has 25 heavy (non-hydrogen) atoms. The van der Waals surface area contributed by atoms with E-state index in [2.05, 4.69) is 16.0 Å². The molecule has 1 unspecified atom stereocenters. The molecule has 0 aromatic heterocycles. The topological polar surface area (TPSA) is 91.7 Å². The Hall–Kier alpha value is -2.41. The average molecular weight is 349 g/mol. The maximum atomic E-state index is 12.2. The fourth-order valence-corrected chi connectivity index (χ4v) is 2.28. The zero-order valence-corrected chi connectivity index (χ0v) is 15.7. The Labute approximate surface area is 149 Å². The van der Waals surface area contributed by atoms with Gasteiger partial charge >= 0.3 is 0 Å². The molecule has 0 aliphatic rings. The minimum atomic E-state index is -0.287. The summed E-state index contributed by atoms with van der Waals surface area (Å²) in [6.07, 6.45) is 0. The van der Waals surface area contributed by atoms with Gasteiger partial charge in [0.25, 0.3) is 17.7 Å². The molecule has 138 valence electrons. The molecule has 0 saturated carbocycles. The summed E-state index contributed by atoms with van der Waals surface area (Å²) in [5, 5.41) is 8.23. The smallest absolute Gasteiger partial charge is 0.279 e. The summed E-state index contributed by atoms with van der Waals surface area (Å²) >= 11 is 0. The van der Waals surface area contributed by atoms with Gasteiger partial charge in [-0.1, -0.05) is 0 Å². The van der Waals surface area contributed by atoms with Gasteiger partial charge in [0, 0.05) is 23.8 Å². The van der Waals surface area contributed by atoms with Crippen molar-refractivity contribution < 1.29 is 19.3 Å². The van der Waals surface area contributed by atoms with E-state index < -0.39 is 0 Å². The van der Waals surface area contributed by atoms with Crippen LogP contribution in [0.25, 0.3) is 0 Å². The van der Waals surface area contributed by atoms with Gasteiger partial charge in [0.1, 0.15) is 0 Å². The van der Waals surface area contributed by atoms with Crippen molar-refractivity contribution in [3.63, 3.8) is 0 Å². The van der Waals surface area contributed by atoms with Gasteiger partial charge in [-0.25, -0.2) is 0 Å². The number of benzene rings is 1. The number of hydrogen-bond acceptors (Lipinski definition) is 3. The van der Waals surface area contributed by atoms with Crippen molar-refractivity contribution in [1.29, 1.82) is 0 Å². The number of carbonyl (C=O) groups excluding carboxylic acids is 3. The molecule has 4 N–H and O–H groups in total. The van der Waals surface area contributed by atoms with E-state index >= 15 is 0 Å². The lowest BCUT2D eigenvalue weighted by Gasteiger charge is -2.23. The molecule has 0 heterocycles. The lowest BCUT2D eigenvalue weighted by atomic mass is 10.1. The number of quaternary nitrogens is 1. The number of amides is 3. The van der Waals surface area contributed by atoms with Crippen molar-refractivity contribution in [2.24, 2.45) is 0 Å². The lowest BCUT2D eigenvalue weighted by molar-refractivity contribution is -0.881. The number of nitrogens with one attached hydrogen (secondary N) is 4. The van der Waals surface area contributed by atoms with Crippen LogP contribution in [0.1, 0.15) is 38.1 Å². The molecule has 1 aromatic rings. The summed E-state index contributed by atoms with van der Waals surface area (Å²) in [5.41, 5.74) is 0.859. The van der Waals surface area contributed by atoms with Crippen molar-refractivity contribution in [2.75, 3.05) is 32.0 Å². The first-order valence-electron chi connectivity index (χ1n) is 8.41. The zero-order chi connectivity index (χ0) is 19.0. The van der Waals surface area contributed by atoms with Crippen LogP contribution in [0.15, 0.2) is 24.3 Å². The first-order chi connectivity index (χ1) is 11.6. The second kappa shape index (κ2) is 9.17. The predicted molar refractivity (Wildman–Crippen MR) is 97.6 cm³/mol. The first kappa shape index (κ1) is 20.6. The van der Waals surface area contributed by atoms with Crippen LogP contribution in [-0.4, -0.2) is 49.9 Å². The molecule has 0 aliphatic heterocycles. The summed E-state index contributed by atoms with van der Waals surface area (Å²) in [6.45, 7) is 8.82. The quantitative estimate of drug-likeness (QED) is 0.550. The van der Waals surface area contributed by atoms with Crippen LogP contribution in [-0.2, 0) is 9.59 Å². The average Bonchev–Trinajstić information content (AvgIpc) is 2.52. The molecule has 1 atom stereocenters. The zero-order valence-electron chi connectivity index (χ0n) is 15.7. The highest BCUT2D eigenvalue weighted by Crippen LogP contribution is 2.09. The highest BCUT2D eigenvalue weighted by Gasteiger charge is 2.20. The van der Waals surface area contributed by atoms with Crippen LogP contribution in [0.3, 0.4) is 0 Å². The van der Waals surface area contributed by atoms with Crippen LogP contribution in [0, 0.1) is 0 Å². The van der Waals surface area contributed by atoms with Gasteiger partial charge < -0.3 is 20.9 Å². The first-order valence-corrected chi connectivity index (χ1v) is 8.41. The maximum Gasteiger partial charge on any atom is 0.279 e. The van der Waals surface area contributed by atoms with Gasteiger partial charge in [0.15, 0.2) is 13.1 Å². The van der Waals surface area contributed by atoms with Gasteiger partial charge in [-0.3, -0.25) is 14.4 Å². The molecule has 0 spiro atoms. The second-order valence-electron chi connectivity index (χ2n) is 6.96. The van der Waals surface area contributed by atoms with E-state index in [9.17, 15) is 14.4 Å². The molecule has 1 rings (SSSR count). The van der Waals surface area contributed by atoms with E-state index in [-0.39, 0.29) is 36.3 Å².